The molecule has 0 amide bonds. The summed E-state index contributed by atoms with van der Waals surface area (Å²) in [5.74, 6) is 1.57. The van der Waals surface area contributed by atoms with E-state index in [1.165, 1.54) is 22.3 Å². The predicted octanol–water partition coefficient (Wildman–Crippen LogP) is 7.19. The van der Waals surface area contributed by atoms with Gasteiger partial charge in [0.25, 0.3) is 0 Å². The minimum atomic E-state index is 0.519. The third-order valence-corrected chi connectivity index (χ3v) is 6.38. The van der Waals surface area contributed by atoms with Crippen molar-refractivity contribution < 1.29 is 9.47 Å². The topological polar surface area (TPSA) is 70.5 Å². The molecule has 0 aromatic heterocycles. The third kappa shape index (κ3) is 7.17. The molecule has 4 nitrogen and oxygen atoms in total. The Balaban J connectivity index is 1.14. The van der Waals surface area contributed by atoms with Gasteiger partial charge in [-0.15, -0.1) is 0 Å². The van der Waals surface area contributed by atoms with E-state index in [4.69, 9.17) is 20.9 Å². The molecular weight excluding hydrogens is 468 g/mol. The first kappa shape index (κ1) is 25.0. The summed E-state index contributed by atoms with van der Waals surface area (Å²) in [4.78, 5) is 0. The Morgan fingerprint density at radius 2 is 0.789 bits per heavy atom. The van der Waals surface area contributed by atoms with Crippen LogP contribution in [0.1, 0.15) is 33.4 Å². The zero-order valence-electron chi connectivity index (χ0n) is 21.3. The largest absolute Gasteiger partial charge is 0.489 e. The van der Waals surface area contributed by atoms with E-state index in [9.17, 15) is 0 Å². The van der Waals surface area contributed by atoms with E-state index in [0.717, 1.165) is 35.5 Å². The molecule has 0 aliphatic rings. The second kappa shape index (κ2) is 12.0. The van der Waals surface area contributed by atoms with Crippen LogP contribution < -0.4 is 20.9 Å². The molecule has 0 spiro atoms. The number of anilines is 2. The Hall–Kier alpha value is -4.70. The lowest BCUT2D eigenvalue weighted by molar-refractivity contribution is 0.306. The number of rotatable bonds is 10. The first-order chi connectivity index (χ1) is 18.6. The number of nitrogens with two attached hydrogens (primary N) is 2. The second-order valence-electron chi connectivity index (χ2n) is 9.53. The van der Waals surface area contributed by atoms with Crippen molar-refractivity contribution in [1.82, 2.24) is 0 Å². The van der Waals surface area contributed by atoms with Crippen LogP contribution in [-0.2, 0) is 26.1 Å². The fraction of sp³-hybridized carbons (Fsp3) is 0.118. The lowest BCUT2D eigenvalue weighted by atomic mass is 9.98. The highest BCUT2D eigenvalue weighted by Crippen LogP contribution is 2.20. The number of hydrogen-bond acceptors (Lipinski definition) is 4. The molecule has 0 aliphatic carbocycles. The van der Waals surface area contributed by atoms with Crippen molar-refractivity contribution in [3.63, 3.8) is 0 Å². The molecule has 0 fully saturated rings. The van der Waals surface area contributed by atoms with E-state index in [0.29, 0.717) is 24.6 Å². The van der Waals surface area contributed by atoms with Crippen LogP contribution in [0.15, 0.2) is 121 Å². The molecule has 0 radical (unpaired) electrons. The SMILES string of the molecule is Nc1cccc(OCc2ccc(Cc3cccc(Cc4ccc(COc5cccc(N)c5)cc4)c3)cc2)c1. The van der Waals surface area contributed by atoms with Crippen molar-refractivity contribution in [2.24, 2.45) is 0 Å². The molecule has 0 unspecified atom stereocenters. The summed E-state index contributed by atoms with van der Waals surface area (Å²) < 4.78 is 11.7. The van der Waals surface area contributed by atoms with Gasteiger partial charge in [0.1, 0.15) is 24.7 Å². The zero-order valence-corrected chi connectivity index (χ0v) is 21.3. The molecule has 0 aliphatic heterocycles. The van der Waals surface area contributed by atoms with Crippen LogP contribution in [0.5, 0.6) is 11.5 Å². The minimum Gasteiger partial charge on any atom is -0.489 e. The van der Waals surface area contributed by atoms with Gasteiger partial charge in [-0.05, 0) is 70.5 Å². The summed E-state index contributed by atoms with van der Waals surface area (Å²) in [5.41, 5.74) is 20.5. The number of nitrogen functional groups attached to an aromatic ring is 2. The van der Waals surface area contributed by atoms with Crippen molar-refractivity contribution in [2.75, 3.05) is 11.5 Å². The molecule has 0 saturated heterocycles. The fourth-order valence-corrected chi connectivity index (χ4v) is 4.37. The van der Waals surface area contributed by atoms with E-state index in [1.54, 1.807) is 0 Å². The van der Waals surface area contributed by atoms with Gasteiger partial charge < -0.3 is 20.9 Å². The third-order valence-electron chi connectivity index (χ3n) is 6.38. The summed E-state index contributed by atoms with van der Waals surface area (Å²) in [5, 5.41) is 0. The Kier molecular flexibility index (Phi) is 7.90. The molecule has 0 atom stereocenters. The van der Waals surface area contributed by atoms with Gasteiger partial charge in [0.15, 0.2) is 0 Å². The highest BCUT2D eigenvalue weighted by Gasteiger charge is 2.03. The van der Waals surface area contributed by atoms with Crippen LogP contribution in [0.4, 0.5) is 11.4 Å². The van der Waals surface area contributed by atoms with E-state index in [2.05, 4.69) is 72.8 Å². The van der Waals surface area contributed by atoms with E-state index in [1.807, 2.05) is 48.5 Å². The van der Waals surface area contributed by atoms with Crippen molar-refractivity contribution in [1.29, 1.82) is 0 Å². The van der Waals surface area contributed by atoms with Crippen molar-refractivity contribution in [3.05, 3.63) is 155 Å². The molecule has 5 rings (SSSR count). The average Bonchev–Trinajstić information content (AvgIpc) is 2.93. The first-order valence-electron chi connectivity index (χ1n) is 12.8. The first-order valence-corrected chi connectivity index (χ1v) is 12.8. The van der Waals surface area contributed by atoms with Gasteiger partial charge in [-0.1, -0.05) is 84.9 Å². The standard InChI is InChI=1S/C34H32N2O2/c35-31-6-2-8-33(21-31)37-23-27-14-10-25(11-15-27)18-29-4-1-5-30(20-29)19-26-12-16-28(17-13-26)24-38-34-9-3-7-32(36)22-34/h1-17,20-22H,18-19,23-24,35-36H2. The maximum absolute atomic E-state index is 5.86. The summed E-state index contributed by atoms with van der Waals surface area (Å²) in [7, 11) is 0. The molecule has 190 valence electrons. The molecule has 0 heterocycles. The average molecular weight is 501 g/mol. The smallest absolute Gasteiger partial charge is 0.121 e. The molecular formula is C34H32N2O2. The Morgan fingerprint density at radius 1 is 0.395 bits per heavy atom. The minimum absolute atomic E-state index is 0.519. The van der Waals surface area contributed by atoms with Crippen LogP contribution in [0, 0.1) is 0 Å². The van der Waals surface area contributed by atoms with Gasteiger partial charge in [0, 0.05) is 23.5 Å². The summed E-state index contributed by atoms with van der Waals surface area (Å²) in [6.45, 7) is 1.04. The summed E-state index contributed by atoms with van der Waals surface area (Å²) in [6, 6.07) is 41.1. The Bertz CT molecular complexity index is 1370. The summed E-state index contributed by atoms with van der Waals surface area (Å²) in [6.07, 6.45) is 1.79. The highest BCUT2D eigenvalue weighted by atomic mass is 16.5. The normalized spacial score (nSPS) is 10.7. The molecule has 4 N–H and O–H groups in total. The monoisotopic (exact) mass is 500 g/mol. The molecule has 5 aromatic rings. The van der Waals surface area contributed by atoms with Gasteiger partial charge in [-0.2, -0.15) is 0 Å². The van der Waals surface area contributed by atoms with Gasteiger partial charge in [0.05, 0.1) is 0 Å². The van der Waals surface area contributed by atoms with E-state index >= 15 is 0 Å². The van der Waals surface area contributed by atoms with Gasteiger partial charge >= 0.3 is 0 Å². The number of hydrogen-bond donors (Lipinski definition) is 2. The van der Waals surface area contributed by atoms with Crippen LogP contribution in [0.25, 0.3) is 0 Å². The summed E-state index contributed by atoms with van der Waals surface area (Å²) >= 11 is 0. The van der Waals surface area contributed by atoms with Gasteiger partial charge in [-0.25, -0.2) is 0 Å². The molecule has 4 heteroatoms. The van der Waals surface area contributed by atoms with Gasteiger partial charge in [-0.3, -0.25) is 0 Å². The van der Waals surface area contributed by atoms with Crippen LogP contribution in [0.2, 0.25) is 0 Å². The quantitative estimate of drug-likeness (QED) is 0.199. The lowest BCUT2D eigenvalue weighted by Gasteiger charge is -2.10. The highest BCUT2D eigenvalue weighted by molar-refractivity contribution is 5.44. The zero-order chi connectivity index (χ0) is 26.2. The maximum atomic E-state index is 5.86. The van der Waals surface area contributed by atoms with Gasteiger partial charge in [0.2, 0.25) is 0 Å². The molecule has 0 bridgehead atoms. The molecule has 0 saturated carbocycles. The van der Waals surface area contributed by atoms with Crippen molar-refractivity contribution in [3.8, 4) is 11.5 Å². The van der Waals surface area contributed by atoms with E-state index < -0.39 is 0 Å². The maximum Gasteiger partial charge on any atom is 0.121 e. The molecule has 38 heavy (non-hydrogen) atoms. The van der Waals surface area contributed by atoms with Crippen LogP contribution >= 0.6 is 0 Å². The fourth-order valence-electron chi connectivity index (χ4n) is 4.37. The second-order valence-corrected chi connectivity index (χ2v) is 9.53. The van der Waals surface area contributed by atoms with Crippen LogP contribution in [-0.4, -0.2) is 0 Å². The Labute approximate surface area is 224 Å². The number of ether oxygens (including phenoxy) is 2. The lowest BCUT2D eigenvalue weighted by Crippen LogP contribution is -1.98. The molecule has 5 aromatic carbocycles. The van der Waals surface area contributed by atoms with Crippen LogP contribution in [0.3, 0.4) is 0 Å². The number of benzene rings is 5. The van der Waals surface area contributed by atoms with Crippen molar-refractivity contribution >= 4 is 11.4 Å². The predicted molar refractivity (Wildman–Crippen MR) is 155 cm³/mol. The Morgan fingerprint density at radius 3 is 1.21 bits per heavy atom. The van der Waals surface area contributed by atoms with Crippen molar-refractivity contribution in [2.45, 2.75) is 26.1 Å². The van der Waals surface area contributed by atoms with E-state index in [-0.39, 0.29) is 0 Å².